The Morgan fingerprint density at radius 1 is 1.14 bits per heavy atom. The smallest absolute Gasteiger partial charge is 0.243 e. The van der Waals surface area contributed by atoms with Crippen molar-refractivity contribution < 1.29 is 13.6 Å². The molecule has 1 amide bonds. The van der Waals surface area contributed by atoms with Crippen molar-refractivity contribution in [2.75, 3.05) is 17.2 Å². The van der Waals surface area contributed by atoms with Gasteiger partial charge in [-0.05, 0) is 36.8 Å². The van der Waals surface area contributed by atoms with E-state index in [0.29, 0.717) is 16.4 Å². The fourth-order valence-corrected chi connectivity index (χ4v) is 1.88. The zero-order chi connectivity index (χ0) is 15.4. The van der Waals surface area contributed by atoms with Crippen LogP contribution >= 0.6 is 11.6 Å². The number of anilines is 2. The second kappa shape index (κ2) is 6.54. The van der Waals surface area contributed by atoms with E-state index in [1.165, 1.54) is 6.07 Å². The van der Waals surface area contributed by atoms with Crippen LogP contribution in [-0.2, 0) is 4.79 Å². The zero-order valence-electron chi connectivity index (χ0n) is 11.2. The SMILES string of the molecule is Cc1ccc(Cl)cc1NC(=O)CNc1ccc(F)c(F)c1. The highest BCUT2D eigenvalue weighted by Gasteiger charge is 2.07. The molecule has 3 nitrogen and oxygen atoms in total. The average molecular weight is 311 g/mol. The van der Waals surface area contributed by atoms with Crippen LogP contribution in [0.5, 0.6) is 0 Å². The first-order valence-corrected chi connectivity index (χ1v) is 6.58. The summed E-state index contributed by atoms with van der Waals surface area (Å²) in [6.07, 6.45) is 0. The number of benzene rings is 2. The largest absolute Gasteiger partial charge is 0.376 e. The maximum atomic E-state index is 13.0. The molecule has 0 aliphatic rings. The van der Waals surface area contributed by atoms with Crippen molar-refractivity contribution in [3.05, 3.63) is 58.6 Å². The molecule has 0 radical (unpaired) electrons. The van der Waals surface area contributed by atoms with Gasteiger partial charge in [0.1, 0.15) is 0 Å². The monoisotopic (exact) mass is 310 g/mol. The van der Waals surface area contributed by atoms with E-state index in [9.17, 15) is 13.6 Å². The van der Waals surface area contributed by atoms with E-state index in [1.807, 2.05) is 6.92 Å². The quantitative estimate of drug-likeness (QED) is 0.897. The molecule has 2 rings (SSSR count). The van der Waals surface area contributed by atoms with Crippen molar-refractivity contribution >= 4 is 28.9 Å². The third-order valence-corrected chi connectivity index (χ3v) is 3.08. The Labute approximate surface area is 125 Å². The maximum Gasteiger partial charge on any atom is 0.243 e. The van der Waals surface area contributed by atoms with E-state index < -0.39 is 11.6 Å². The lowest BCUT2D eigenvalue weighted by Crippen LogP contribution is -2.22. The summed E-state index contributed by atoms with van der Waals surface area (Å²) < 4.78 is 25.8. The predicted octanol–water partition coefficient (Wildman–Crippen LogP) is 3.98. The number of carbonyl (C=O) groups is 1. The minimum atomic E-state index is -0.967. The molecule has 0 aromatic heterocycles. The molecule has 0 aliphatic heterocycles. The van der Waals surface area contributed by atoms with Crippen LogP contribution in [0, 0.1) is 18.6 Å². The molecule has 2 aromatic carbocycles. The maximum absolute atomic E-state index is 13.0. The van der Waals surface area contributed by atoms with Gasteiger partial charge in [-0.15, -0.1) is 0 Å². The number of amides is 1. The van der Waals surface area contributed by atoms with Crippen LogP contribution in [0.1, 0.15) is 5.56 Å². The number of halogens is 3. The highest BCUT2D eigenvalue weighted by molar-refractivity contribution is 6.31. The molecule has 0 bridgehead atoms. The van der Waals surface area contributed by atoms with Gasteiger partial charge in [0.15, 0.2) is 11.6 Å². The second-order valence-corrected chi connectivity index (χ2v) is 4.93. The molecule has 0 aliphatic carbocycles. The van der Waals surface area contributed by atoms with E-state index in [2.05, 4.69) is 10.6 Å². The van der Waals surface area contributed by atoms with E-state index >= 15 is 0 Å². The van der Waals surface area contributed by atoms with Gasteiger partial charge in [0.2, 0.25) is 5.91 Å². The molecule has 0 fully saturated rings. The van der Waals surface area contributed by atoms with Crippen LogP contribution in [0.25, 0.3) is 0 Å². The lowest BCUT2D eigenvalue weighted by molar-refractivity contribution is -0.114. The first-order chi connectivity index (χ1) is 9.95. The van der Waals surface area contributed by atoms with Crippen LogP contribution in [0.3, 0.4) is 0 Å². The fourth-order valence-electron chi connectivity index (χ4n) is 1.71. The Bertz CT molecular complexity index is 677. The van der Waals surface area contributed by atoms with Gasteiger partial charge in [-0.1, -0.05) is 17.7 Å². The van der Waals surface area contributed by atoms with Crippen molar-refractivity contribution in [3.63, 3.8) is 0 Å². The second-order valence-electron chi connectivity index (χ2n) is 4.49. The van der Waals surface area contributed by atoms with E-state index in [4.69, 9.17) is 11.6 Å². The molecule has 0 saturated heterocycles. The number of rotatable bonds is 4. The molecule has 0 spiro atoms. The van der Waals surface area contributed by atoms with Crippen molar-refractivity contribution in [2.45, 2.75) is 6.92 Å². The standard InChI is InChI=1S/C15H13ClF2N2O/c1-9-2-3-10(16)6-14(9)20-15(21)8-19-11-4-5-12(17)13(18)7-11/h2-7,19H,8H2,1H3,(H,20,21). The number of hydrogen-bond donors (Lipinski definition) is 2. The van der Waals surface area contributed by atoms with Gasteiger partial charge < -0.3 is 10.6 Å². The van der Waals surface area contributed by atoms with Gasteiger partial charge >= 0.3 is 0 Å². The molecule has 0 saturated carbocycles. The Morgan fingerprint density at radius 3 is 2.62 bits per heavy atom. The van der Waals surface area contributed by atoms with Crippen LogP contribution in [0.4, 0.5) is 20.2 Å². The fraction of sp³-hybridized carbons (Fsp3) is 0.133. The first kappa shape index (κ1) is 15.3. The molecule has 6 heteroatoms. The zero-order valence-corrected chi connectivity index (χ0v) is 12.0. The molecule has 0 unspecified atom stereocenters. The van der Waals surface area contributed by atoms with E-state index in [0.717, 1.165) is 17.7 Å². The summed E-state index contributed by atoms with van der Waals surface area (Å²) in [7, 11) is 0. The molecule has 110 valence electrons. The summed E-state index contributed by atoms with van der Waals surface area (Å²) in [6.45, 7) is 1.77. The van der Waals surface area contributed by atoms with Crippen molar-refractivity contribution in [1.82, 2.24) is 0 Å². The average Bonchev–Trinajstić information content (AvgIpc) is 2.44. The molecular weight excluding hydrogens is 298 g/mol. The predicted molar refractivity (Wildman–Crippen MR) is 79.7 cm³/mol. The number of aryl methyl sites for hydroxylation is 1. The molecule has 21 heavy (non-hydrogen) atoms. The Morgan fingerprint density at radius 2 is 1.90 bits per heavy atom. The lowest BCUT2D eigenvalue weighted by atomic mass is 10.2. The Balaban J connectivity index is 1.95. The summed E-state index contributed by atoms with van der Waals surface area (Å²) in [4.78, 5) is 11.8. The molecule has 0 atom stereocenters. The minimum absolute atomic E-state index is 0.0724. The Hall–Kier alpha value is -2.14. The first-order valence-electron chi connectivity index (χ1n) is 6.20. The number of carbonyl (C=O) groups excluding carboxylic acids is 1. The highest BCUT2D eigenvalue weighted by Crippen LogP contribution is 2.20. The van der Waals surface area contributed by atoms with Crippen LogP contribution in [0.15, 0.2) is 36.4 Å². The molecule has 0 heterocycles. The van der Waals surface area contributed by atoms with E-state index in [1.54, 1.807) is 18.2 Å². The van der Waals surface area contributed by atoms with Crippen molar-refractivity contribution in [2.24, 2.45) is 0 Å². The topological polar surface area (TPSA) is 41.1 Å². The van der Waals surface area contributed by atoms with Gasteiger partial charge in [0.25, 0.3) is 0 Å². The van der Waals surface area contributed by atoms with Crippen molar-refractivity contribution in [3.8, 4) is 0 Å². The molecule has 2 N–H and O–H groups in total. The third-order valence-electron chi connectivity index (χ3n) is 2.85. The van der Waals surface area contributed by atoms with Gasteiger partial charge in [-0.3, -0.25) is 4.79 Å². The van der Waals surface area contributed by atoms with Gasteiger partial charge in [0, 0.05) is 22.5 Å². The molecular formula is C15H13ClF2N2O. The number of nitrogens with one attached hydrogen (secondary N) is 2. The van der Waals surface area contributed by atoms with Gasteiger partial charge in [-0.2, -0.15) is 0 Å². The van der Waals surface area contributed by atoms with Crippen LogP contribution < -0.4 is 10.6 Å². The summed E-state index contributed by atoms with van der Waals surface area (Å²) in [6, 6.07) is 8.51. The normalized spacial score (nSPS) is 10.3. The highest BCUT2D eigenvalue weighted by atomic mass is 35.5. The lowest BCUT2D eigenvalue weighted by Gasteiger charge is -2.10. The summed E-state index contributed by atoms with van der Waals surface area (Å²) in [5, 5.41) is 5.93. The molecule has 2 aromatic rings. The van der Waals surface area contributed by atoms with Crippen LogP contribution in [-0.4, -0.2) is 12.5 Å². The van der Waals surface area contributed by atoms with Crippen LogP contribution in [0.2, 0.25) is 5.02 Å². The summed E-state index contributed by atoms with van der Waals surface area (Å²) >= 11 is 5.86. The summed E-state index contributed by atoms with van der Waals surface area (Å²) in [5.41, 5.74) is 1.81. The number of hydrogen-bond acceptors (Lipinski definition) is 2. The third kappa shape index (κ3) is 4.16. The van der Waals surface area contributed by atoms with Crippen molar-refractivity contribution in [1.29, 1.82) is 0 Å². The van der Waals surface area contributed by atoms with Gasteiger partial charge in [0.05, 0.1) is 6.54 Å². The van der Waals surface area contributed by atoms with E-state index in [-0.39, 0.29) is 12.5 Å². The van der Waals surface area contributed by atoms with Gasteiger partial charge in [-0.25, -0.2) is 8.78 Å². The summed E-state index contributed by atoms with van der Waals surface area (Å²) in [5.74, 6) is -2.21. The Kier molecular flexibility index (Phi) is 4.75. The minimum Gasteiger partial charge on any atom is -0.376 e.